The largest absolute Gasteiger partial charge is 0.333 e. The average molecular weight is 402 g/mol. The SMILES string of the molecule is CC(=O)C1(C)Cn2c(cc3sc(CCF)cc32)C(=O)N1Cc1ccc(F)cc1. The molecule has 1 aromatic carbocycles. The Balaban J connectivity index is 1.78. The Morgan fingerprint density at radius 1 is 1.25 bits per heavy atom. The van der Waals surface area contributed by atoms with Crippen molar-refractivity contribution in [1.29, 1.82) is 0 Å². The van der Waals surface area contributed by atoms with Crippen LogP contribution in [0.3, 0.4) is 0 Å². The van der Waals surface area contributed by atoms with E-state index in [2.05, 4.69) is 0 Å². The number of Topliss-reactive ketones (excluding diaryl/α,β-unsaturated/α-hetero) is 1. The van der Waals surface area contributed by atoms with E-state index in [-0.39, 0.29) is 24.1 Å². The number of amides is 1. The van der Waals surface area contributed by atoms with Gasteiger partial charge in [0.1, 0.15) is 17.1 Å². The topological polar surface area (TPSA) is 42.3 Å². The Morgan fingerprint density at radius 2 is 1.96 bits per heavy atom. The molecule has 0 aliphatic carbocycles. The van der Waals surface area contributed by atoms with Crippen LogP contribution in [0.4, 0.5) is 8.78 Å². The highest BCUT2D eigenvalue weighted by Gasteiger charge is 2.45. The maximum absolute atomic E-state index is 13.3. The highest BCUT2D eigenvalue weighted by molar-refractivity contribution is 7.19. The molecule has 146 valence electrons. The van der Waals surface area contributed by atoms with E-state index in [0.717, 1.165) is 20.7 Å². The van der Waals surface area contributed by atoms with Crippen molar-refractivity contribution in [2.75, 3.05) is 6.67 Å². The van der Waals surface area contributed by atoms with Crippen LogP contribution < -0.4 is 0 Å². The van der Waals surface area contributed by atoms with E-state index < -0.39 is 12.2 Å². The van der Waals surface area contributed by atoms with E-state index in [1.807, 2.05) is 16.7 Å². The number of nitrogens with zero attached hydrogens (tertiary/aromatic N) is 2. The summed E-state index contributed by atoms with van der Waals surface area (Å²) in [4.78, 5) is 28.4. The van der Waals surface area contributed by atoms with E-state index >= 15 is 0 Å². The molecule has 2 aromatic heterocycles. The molecule has 0 saturated carbocycles. The highest BCUT2D eigenvalue weighted by Crippen LogP contribution is 2.37. The van der Waals surface area contributed by atoms with E-state index in [9.17, 15) is 18.4 Å². The molecular weight excluding hydrogens is 382 g/mol. The van der Waals surface area contributed by atoms with Crippen molar-refractivity contribution in [2.45, 2.75) is 38.9 Å². The number of hydrogen-bond donors (Lipinski definition) is 0. The van der Waals surface area contributed by atoms with Gasteiger partial charge in [0.05, 0.1) is 23.4 Å². The maximum atomic E-state index is 13.3. The second-order valence-electron chi connectivity index (χ2n) is 7.36. The predicted molar refractivity (Wildman–Crippen MR) is 105 cm³/mol. The van der Waals surface area contributed by atoms with Crippen molar-refractivity contribution in [3.8, 4) is 0 Å². The summed E-state index contributed by atoms with van der Waals surface area (Å²) in [7, 11) is 0. The van der Waals surface area contributed by atoms with Gasteiger partial charge in [0.15, 0.2) is 5.78 Å². The van der Waals surface area contributed by atoms with Gasteiger partial charge >= 0.3 is 0 Å². The summed E-state index contributed by atoms with van der Waals surface area (Å²) in [6, 6.07) is 9.67. The number of fused-ring (bicyclic) bond motifs is 3. The summed E-state index contributed by atoms with van der Waals surface area (Å²) >= 11 is 1.47. The van der Waals surface area contributed by atoms with Gasteiger partial charge in [-0.05, 0) is 43.7 Å². The quantitative estimate of drug-likeness (QED) is 0.637. The lowest BCUT2D eigenvalue weighted by atomic mass is 9.91. The minimum Gasteiger partial charge on any atom is -0.333 e. The molecule has 0 fully saturated rings. The number of carbonyl (C=O) groups excluding carboxylic acids is 2. The van der Waals surface area contributed by atoms with Gasteiger partial charge in [0.25, 0.3) is 5.91 Å². The molecule has 0 spiro atoms. The van der Waals surface area contributed by atoms with Crippen molar-refractivity contribution >= 4 is 33.2 Å². The summed E-state index contributed by atoms with van der Waals surface area (Å²) in [5.41, 5.74) is 1.13. The number of rotatable bonds is 5. The summed E-state index contributed by atoms with van der Waals surface area (Å²) in [5, 5.41) is 0. The Labute approximate surface area is 165 Å². The molecule has 0 N–H and O–H groups in total. The fraction of sp³-hybridized carbons (Fsp3) is 0.333. The van der Waals surface area contributed by atoms with Crippen LogP contribution in [-0.2, 0) is 24.3 Å². The Kier molecular flexibility index (Phi) is 4.57. The van der Waals surface area contributed by atoms with E-state index in [1.165, 1.54) is 30.4 Å². The number of ketones is 1. The number of benzene rings is 1. The number of hydrogen-bond acceptors (Lipinski definition) is 3. The first-order chi connectivity index (χ1) is 13.3. The number of halogens is 2. The molecule has 3 heterocycles. The summed E-state index contributed by atoms with van der Waals surface area (Å²) in [6.07, 6.45) is 0.350. The van der Waals surface area contributed by atoms with Gasteiger partial charge in [-0.3, -0.25) is 14.0 Å². The Morgan fingerprint density at radius 3 is 2.61 bits per heavy atom. The molecule has 1 aliphatic rings. The second-order valence-corrected chi connectivity index (χ2v) is 8.53. The fourth-order valence-corrected chi connectivity index (χ4v) is 4.81. The zero-order chi connectivity index (χ0) is 20.1. The molecule has 4 rings (SSSR count). The third-order valence-corrected chi connectivity index (χ3v) is 6.65. The summed E-state index contributed by atoms with van der Waals surface area (Å²) in [6.45, 7) is 3.38. The van der Waals surface area contributed by atoms with Crippen molar-refractivity contribution < 1.29 is 18.4 Å². The van der Waals surface area contributed by atoms with Gasteiger partial charge < -0.3 is 9.47 Å². The van der Waals surface area contributed by atoms with Crippen molar-refractivity contribution in [3.63, 3.8) is 0 Å². The van der Waals surface area contributed by atoms with E-state index in [4.69, 9.17) is 0 Å². The van der Waals surface area contributed by atoms with Crippen molar-refractivity contribution in [1.82, 2.24) is 9.47 Å². The van der Waals surface area contributed by atoms with Crippen LogP contribution in [0.2, 0.25) is 0 Å². The van der Waals surface area contributed by atoms with Crippen LogP contribution in [-0.4, -0.2) is 33.4 Å². The molecular formula is C21H20F2N2O2S. The Hall–Kier alpha value is -2.54. The molecule has 3 aromatic rings. The lowest BCUT2D eigenvalue weighted by Crippen LogP contribution is -2.59. The zero-order valence-corrected chi connectivity index (χ0v) is 16.5. The summed E-state index contributed by atoms with van der Waals surface area (Å²) < 4.78 is 28.7. The maximum Gasteiger partial charge on any atom is 0.271 e. The lowest BCUT2D eigenvalue weighted by molar-refractivity contribution is -0.128. The lowest BCUT2D eigenvalue weighted by Gasteiger charge is -2.43. The van der Waals surface area contributed by atoms with Crippen LogP contribution in [0.5, 0.6) is 0 Å². The van der Waals surface area contributed by atoms with Gasteiger partial charge in [-0.15, -0.1) is 11.3 Å². The standard InChI is InChI=1S/C21H20F2N2O2S/c1-13(26)21(2)12-24-17-9-16(7-8-22)28-19(17)10-18(24)20(27)25(21)11-14-3-5-15(23)6-4-14/h3-6,9-10H,7-8,11-12H2,1-2H3. The first-order valence-corrected chi connectivity index (χ1v) is 9.90. The second kappa shape index (κ2) is 6.81. The molecule has 0 radical (unpaired) electrons. The summed E-state index contributed by atoms with van der Waals surface area (Å²) in [5.74, 6) is -0.695. The molecule has 28 heavy (non-hydrogen) atoms. The number of carbonyl (C=O) groups is 2. The predicted octanol–water partition coefficient (Wildman–Crippen LogP) is 4.36. The van der Waals surface area contributed by atoms with Crippen LogP contribution in [0, 0.1) is 5.82 Å². The zero-order valence-electron chi connectivity index (χ0n) is 15.7. The third kappa shape index (κ3) is 2.94. The normalized spacial score (nSPS) is 19.3. The van der Waals surface area contributed by atoms with E-state index in [0.29, 0.717) is 18.7 Å². The van der Waals surface area contributed by atoms with Gasteiger partial charge in [0, 0.05) is 17.8 Å². The molecule has 1 unspecified atom stereocenters. The van der Waals surface area contributed by atoms with Crippen molar-refractivity contribution in [3.05, 3.63) is 58.3 Å². The number of aryl methyl sites for hydroxylation is 1. The van der Waals surface area contributed by atoms with Gasteiger partial charge in [-0.25, -0.2) is 4.39 Å². The highest BCUT2D eigenvalue weighted by atomic mass is 32.1. The molecule has 0 saturated heterocycles. The number of thiophene rings is 1. The Bertz CT molecular complexity index is 1070. The minimum absolute atomic E-state index is 0.116. The van der Waals surface area contributed by atoms with Crippen molar-refractivity contribution in [2.24, 2.45) is 0 Å². The molecule has 0 bridgehead atoms. The molecule has 1 aliphatic heterocycles. The van der Waals surface area contributed by atoms with Crippen LogP contribution in [0.15, 0.2) is 36.4 Å². The number of aromatic nitrogens is 1. The van der Waals surface area contributed by atoms with Gasteiger partial charge in [-0.2, -0.15) is 0 Å². The van der Waals surface area contributed by atoms with Crippen LogP contribution in [0.1, 0.15) is 34.8 Å². The first-order valence-electron chi connectivity index (χ1n) is 9.09. The monoisotopic (exact) mass is 402 g/mol. The first kappa shape index (κ1) is 18.8. The van der Waals surface area contributed by atoms with Gasteiger partial charge in [0.2, 0.25) is 0 Å². The third-order valence-electron chi connectivity index (χ3n) is 5.52. The van der Waals surface area contributed by atoms with Gasteiger partial charge in [-0.1, -0.05) is 12.1 Å². The fourth-order valence-electron chi connectivity index (χ4n) is 3.73. The van der Waals surface area contributed by atoms with E-state index in [1.54, 1.807) is 24.0 Å². The molecule has 1 atom stereocenters. The molecule has 4 nitrogen and oxygen atoms in total. The minimum atomic E-state index is -1.02. The average Bonchev–Trinajstić information content (AvgIpc) is 3.19. The molecule has 7 heteroatoms. The van der Waals surface area contributed by atoms with Crippen LogP contribution >= 0.6 is 11.3 Å². The van der Waals surface area contributed by atoms with Crippen LogP contribution in [0.25, 0.3) is 10.2 Å². The molecule has 1 amide bonds. The number of alkyl halides is 1. The smallest absolute Gasteiger partial charge is 0.271 e.